The predicted molar refractivity (Wildman–Crippen MR) is 100 cm³/mol. The number of carbonyl (C=O) groups is 1. The minimum atomic E-state index is -0.522. The van der Waals surface area contributed by atoms with Crippen molar-refractivity contribution in [2.24, 2.45) is 0 Å². The molecule has 1 N–H and O–H groups in total. The van der Waals surface area contributed by atoms with E-state index in [4.69, 9.17) is 9.47 Å². The number of rotatable bonds is 7. The predicted octanol–water partition coefficient (Wildman–Crippen LogP) is 3.66. The summed E-state index contributed by atoms with van der Waals surface area (Å²) < 4.78 is 10.5. The Kier molecular flexibility index (Phi) is 7.67. The van der Waals surface area contributed by atoms with Crippen molar-refractivity contribution >= 4 is 11.8 Å². The summed E-state index contributed by atoms with van der Waals surface area (Å²) in [7, 11) is 0. The van der Waals surface area contributed by atoms with E-state index in [0.717, 1.165) is 5.56 Å². The fraction of sp³-hybridized carbons (Fsp3) is 0.250. The van der Waals surface area contributed by atoms with Crippen molar-refractivity contribution < 1.29 is 19.2 Å². The van der Waals surface area contributed by atoms with Crippen molar-refractivity contribution in [2.75, 3.05) is 13.2 Å². The number of non-ortho nitro benzene ring substituents is 1. The number of benzene rings is 2. The minimum absolute atomic E-state index is 0.0506. The second kappa shape index (κ2) is 10.5. The van der Waals surface area contributed by atoms with E-state index in [1.807, 2.05) is 37.3 Å². The maximum atomic E-state index is 11.6. The number of nitro groups is 1. The molecule has 7 heteroatoms. The van der Waals surface area contributed by atoms with Gasteiger partial charge in [0.15, 0.2) is 0 Å². The van der Waals surface area contributed by atoms with Gasteiger partial charge < -0.3 is 14.8 Å². The molecule has 0 radical (unpaired) electrons. The molecule has 1 amide bonds. The molecule has 2 rings (SSSR count). The van der Waals surface area contributed by atoms with E-state index in [9.17, 15) is 14.9 Å². The van der Waals surface area contributed by atoms with E-state index < -0.39 is 11.0 Å². The maximum absolute atomic E-state index is 11.6. The summed E-state index contributed by atoms with van der Waals surface area (Å²) >= 11 is 0. The van der Waals surface area contributed by atoms with Crippen molar-refractivity contribution in [1.29, 1.82) is 0 Å². The first-order valence-corrected chi connectivity index (χ1v) is 8.44. The molecule has 0 aromatic heterocycles. The van der Waals surface area contributed by atoms with Crippen LogP contribution in [-0.2, 0) is 11.3 Å². The lowest BCUT2D eigenvalue weighted by Crippen LogP contribution is -2.24. The third kappa shape index (κ3) is 6.71. The standard InChI is InChI=1S/C20H20N2O5/c1-2-26-19-12-11-18(22(24)25)14-17(19)10-6-7-13-21-20(23)27-15-16-8-4-3-5-9-16/h3-5,8-9,11-12,14H,2,7,13,15H2,1H3,(H,21,23). The van der Waals surface area contributed by atoms with Crippen molar-refractivity contribution in [3.8, 4) is 17.6 Å². The van der Waals surface area contributed by atoms with Crippen molar-refractivity contribution in [3.05, 3.63) is 69.8 Å². The molecular weight excluding hydrogens is 348 g/mol. The first kappa shape index (κ1) is 19.8. The molecule has 0 unspecified atom stereocenters. The largest absolute Gasteiger partial charge is 0.493 e. The van der Waals surface area contributed by atoms with Crippen LogP contribution in [-0.4, -0.2) is 24.2 Å². The van der Waals surface area contributed by atoms with Gasteiger partial charge in [-0.15, -0.1) is 0 Å². The number of hydrogen-bond acceptors (Lipinski definition) is 5. The summed E-state index contributed by atoms with van der Waals surface area (Å²) in [5.74, 6) is 6.22. The SMILES string of the molecule is CCOc1ccc([N+](=O)[O-])cc1C#CCCNC(=O)OCc1ccccc1. The summed E-state index contributed by atoms with van der Waals surface area (Å²) in [5.41, 5.74) is 1.30. The van der Waals surface area contributed by atoms with E-state index in [2.05, 4.69) is 17.2 Å². The summed E-state index contributed by atoms with van der Waals surface area (Å²) in [6.07, 6.45) is -0.152. The number of ether oxygens (including phenoxy) is 2. The number of amides is 1. The van der Waals surface area contributed by atoms with Crippen LogP contribution in [0.4, 0.5) is 10.5 Å². The highest BCUT2D eigenvalue weighted by Gasteiger charge is 2.10. The highest BCUT2D eigenvalue weighted by atomic mass is 16.6. The highest BCUT2D eigenvalue weighted by Crippen LogP contribution is 2.23. The zero-order chi connectivity index (χ0) is 19.5. The molecule has 0 saturated carbocycles. The van der Waals surface area contributed by atoms with Crippen LogP contribution in [0, 0.1) is 22.0 Å². The first-order chi connectivity index (χ1) is 13.1. The lowest BCUT2D eigenvalue weighted by Gasteiger charge is -2.06. The van der Waals surface area contributed by atoms with Crippen LogP contribution in [0.1, 0.15) is 24.5 Å². The summed E-state index contributed by atoms with van der Waals surface area (Å²) in [5, 5.41) is 13.5. The molecule has 2 aromatic rings. The normalized spacial score (nSPS) is 9.67. The van der Waals surface area contributed by atoms with Gasteiger partial charge >= 0.3 is 6.09 Å². The van der Waals surface area contributed by atoms with Gasteiger partial charge in [-0.2, -0.15) is 0 Å². The van der Waals surface area contributed by atoms with Crippen LogP contribution in [0.2, 0.25) is 0 Å². The maximum Gasteiger partial charge on any atom is 0.407 e. The van der Waals surface area contributed by atoms with Crippen LogP contribution >= 0.6 is 0 Å². The zero-order valence-electron chi connectivity index (χ0n) is 14.9. The van der Waals surface area contributed by atoms with E-state index in [-0.39, 0.29) is 12.3 Å². The molecule has 0 atom stereocenters. The summed E-state index contributed by atoms with van der Waals surface area (Å²) in [6, 6.07) is 13.7. The Bertz CT molecular complexity index is 840. The van der Waals surface area contributed by atoms with Crippen LogP contribution in [0.15, 0.2) is 48.5 Å². The molecule has 27 heavy (non-hydrogen) atoms. The Balaban J connectivity index is 1.83. The van der Waals surface area contributed by atoms with E-state index >= 15 is 0 Å². The van der Waals surface area contributed by atoms with Gasteiger partial charge in [-0.3, -0.25) is 10.1 Å². The van der Waals surface area contributed by atoms with Gasteiger partial charge in [-0.1, -0.05) is 42.2 Å². The molecule has 140 valence electrons. The average molecular weight is 368 g/mol. The number of nitrogens with zero attached hydrogens (tertiary/aromatic N) is 1. The topological polar surface area (TPSA) is 90.7 Å². The molecule has 0 bridgehead atoms. The number of nitro benzene ring substituents is 1. The van der Waals surface area contributed by atoms with Crippen LogP contribution < -0.4 is 10.1 Å². The Morgan fingerprint density at radius 3 is 2.70 bits per heavy atom. The second-order valence-electron chi connectivity index (χ2n) is 5.41. The molecule has 0 saturated heterocycles. The van der Waals surface area contributed by atoms with Gasteiger partial charge in [-0.05, 0) is 18.6 Å². The van der Waals surface area contributed by atoms with Crippen molar-refractivity contribution in [1.82, 2.24) is 5.32 Å². The highest BCUT2D eigenvalue weighted by molar-refractivity contribution is 5.67. The van der Waals surface area contributed by atoms with Crippen LogP contribution in [0.5, 0.6) is 5.75 Å². The molecule has 0 aliphatic rings. The van der Waals surface area contributed by atoms with Crippen LogP contribution in [0.3, 0.4) is 0 Å². The zero-order valence-corrected chi connectivity index (χ0v) is 14.9. The Hall–Kier alpha value is -3.53. The number of alkyl carbamates (subject to hydrolysis) is 1. The molecule has 2 aromatic carbocycles. The molecule has 0 aliphatic heterocycles. The Morgan fingerprint density at radius 1 is 1.22 bits per heavy atom. The number of nitrogens with one attached hydrogen (secondary N) is 1. The average Bonchev–Trinajstić information content (AvgIpc) is 2.68. The third-order valence-corrected chi connectivity index (χ3v) is 3.43. The van der Waals surface area contributed by atoms with E-state index in [1.165, 1.54) is 18.2 Å². The van der Waals surface area contributed by atoms with Crippen LogP contribution in [0.25, 0.3) is 0 Å². The third-order valence-electron chi connectivity index (χ3n) is 3.43. The Morgan fingerprint density at radius 2 is 2.00 bits per heavy atom. The molecule has 0 heterocycles. The van der Waals surface area contributed by atoms with E-state index in [0.29, 0.717) is 30.9 Å². The second-order valence-corrected chi connectivity index (χ2v) is 5.41. The van der Waals surface area contributed by atoms with Crippen molar-refractivity contribution in [3.63, 3.8) is 0 Å². The molecule has 0 spiro atoms. The van der Waals surface area contributed by atoms with Gasteiger partial charge in [0.2, 0.25) is 0 Å². The van der Waals surface area contributed by atoms with E-state index in [1.54, 1.807) is 0 Å². The van der Waals surface area contributed by atoms with Gasteiger partial charge in [0, 0.05) is 25.1 Å². The summed E-state index contributed by atoms with van der Waals surface area (Å²) in [4.78, 5) is 22.0. The van der Waals surface area contributed by atoms with Gasteiger partial charge in [0.1, 0.15) is 12.4 Å². The quantitative estimate of drug-likeness (QED) is 0.349. The fourth-order valence-electron chi connectivity index (χ4n) is 2.17. The summed E-state index contributed by atoms with van der Waals surface area (Å²) in [6.45, 7) is 2.76. The van der Waals surface area contributed by atoms with Gasteiger partial charge in [-0.25, -0.2) is 4.79 Å². The molecular formula is C20H20N2O5. The molecule has 7 nitrogen and oxygen atoms in total. The molecule has 0 aliphatic carbocycles. The minimum Gasteiger partial charge on any atom is -0.493 e. The lowest BCUT2D eigenvalue weighted by molar-refractivity contribution is -0.384. The monoisotopic (exact) mass is 368 g/mol. The smallest absolute Gasteiger partial charge is 0.407 e. The number of hydrogen-bond donors (Lipinski definition) is 1. The number of carbonyl (C=O) groups excluding carboxylic acids is 1. The first-order valence-electron chi connectivity index (χ1n) is 8.44. The van der Waals surface area contributed by atoms with Gasteiger partial charge in [0.25, 0.3) is 5.69 Å². The Labute approximate surface area is 157 Å². The van der Waals surface area contributed by atoms with Gasteiger partial charge in [0.05, 0.1) is 17.1 Å². The lowest BCUT2D eigenvalue weighted by atomic mass is 10.1. The molecule has 0 fully saturated rings. The van der Waals surface area contributed by atoms with Crippen molar-refractivity contribution in [2.45, 2.75) is 20.0 Å². The fourth-order valence-corrected chi connectivity index (χ4v) is 2.17.